The lowest BCUT2D eigenvalue weighted by Crippen LogP contribution is -2.47. The average Bonchev–Trinajstić information content (AvgIpc) is 3.27. The first-order valence-electron chi connectivity index (χ1n) is 12.1. The van der Waals surface area contributed by atoms with Crippen LogP contribution in [0.15, 0.2) is 66.4 Å². The van der Waals surface area contributed by atoms with E-state index in [2.05, 4.69) is 36.6 Å². The van der Waals surface area contributed by atoms with Gasteiger partial charge in [0.15, 0.2) is 0 Å². The topological polar surface area (TPSA) is 85.3 Å². The number of alkyl halides is 1. The summed E-state index contributed by atoms with van der Waals surface area (Å²) >= 11 is 0. The highest BCUT2D eigenvalue weighted by Crippen LogP contribution is 2.27. The number of likely N-dealkylation sites (tertiary alicyclic amines) is 1. The second-order valence-electron chi connectivity index (χ2n) is 9.22. The molecular formula is C28H35FN4O2. The van der Waals surface area contributed by atoms with Gasteiger partial charge in [0.2, 0.25) is 11.8 Å². The standard InChI is InChI=1S/C28H35FN4O2/c1-19(2)21-10-12-23(13-11-21)27(22-7-5-4-6-8-22)32-28(35)25-15-24(29)18-33(25)26(34)14-9-20(16-30)17-31-3/h4-8,10-13,16-17,19,24-25,27,30-31H,9,14-15,18H2,1-3H3,(H,32,35)/b20-17-,30-16?/t24-,25+,27+/m1/s1. The molecule has 0 spiro atoms. The second kappa shape index (κ2) is 12.3. The Morgan fingerprint density at radius 1 is 1.06 bits per heavy atom. The van der Waals surface area contributed by atoms with Crippen molar-refractivity contribution in [1.29, 1.82) is 5.41 Å². The number of rotatable bonds is 10. The van der Waals surface area contributed by atoms with Gasteiger partial charge in [0.25, 0.3) is 0 Å². The Morgan fingerprint density at radius 2 is 1.69 bits per heavy atom. The molecule has 2 aromatic carbocycles. The van der Waals surface area contributed by atoms with Crippen LogP contribution in [0, 0.1) is 5.41 Å². The third-order valence-corrected chi connectivity index (χ3v) is 6.37. The molecule has 7 heteroatoms. The van der Waals surface area contributed by atoms with Gasteiger partial charge in [-0.15, -0.1) is 0 Å². The molecule has 2 amide bonds. The zero-order chi connectivity index (χ0) is 25.4. The first-order valence-corrected chi connectivity index (χ1v) is 12.1. The van der Waals surface area contributed by atoms with Crippen molar-refractivity contribution in [2.45, 2.75) is 57.3 Å². The molecule has 0 aromatic heterocycles. The molecule has 186 valence electrons. The maximum absolute atomic E-state index is 14.4. The van der Waals surface area contributed by atoms with Crippen molar-refractivity contribution in [3.8, 4) is 0 Å². The summed E-state index contributed by atoms with van der Waals surface area (Å²) in [6.07, 6.45) is 2.03. The van der Waals surface area contributed by atoms with Crippen LogP contribution >= 0.6 is 0 Å². The molecule has 6 nitrogen and oxygen atoms in total. The fraction of sp³-hybridized carbons (Fsp3) is 0.393. The van der Waals surface area contributed by atoms with E-state index >= 15 is 0 Å². The average molecular weight is 479 g/mol. The lowest BCUT2D eigenvalue weighted by Gasteiger charge is -2.27. The molecule has 0 unspecified atom stereocenters. The van der Waals surface area contributed by atoms with E-state index in [1.165, 1.54) is 16.7 Å². The van der Waals surface area contributed by atoms with Crippen LogP contribution in [-0.4, -0.2) is 48.7 Å². The van der Waals surface area contributed by atoms with Crippen LogP contribution in [0.25, 0.3) is 0 Å². The first-order chi connectivity index (χ1) is 16.8. The van der Waals surface area contributed by atoms with E-state index < -0.39 is 18.3 Å². The third kappa shape index (κ3) is 6.78. The molecule has 1 fully saturated rings. The number of carbonyl (C=O) groups is 2. The number of halogens is 1. The van der Waals surface area contributed by atoms with Crippen LogP contribution in [0.5, 0.6) is 0 Å². The Bertz CT molecular complexity index is 1040. The zero-order valence-corrected chi connectivity index (χ0v) is 20.6. The van der Waals surface area contributed by atoms with E-state index in [0.717, 1.165) is 11.1 Å². The van der Waals surface area contributed by atoms with Gasteiger partial charge in [-0.3, -0.25) is 9.59 Å². The van der Waals surface area contributed by atoms with Crippen molar-refractivity contribution >= 4 is 18.0 Å². The maximum Gasteiger partial charge on any atom is 0.243 e. The van der Waals surface area contributed by atoms with Crippen LogP contribution in [0.3, 0.4) is 0 Å². The molecule has 1 heterocycles. The molecule has 1 aliphatic heterocycles. The van der Waals surface area contributed by atoms with Crippen molar-refractivity contribution in [2.24, 2.45) is 0 Å². The number of carbonyl (C=O) groups excluding carboxylic acids is 2. The summed E-state index contributed by atoms with van der Waals surface area (Å²) in [5.41, 5.74) is 3.70. The molecular weight excluding hydrogens is 443 g/mol. The van der Waals surface area contributed by atoms with Gasteiger partial charge in [-0.2, -0.15) is 0 Å². The molecule has 1 aliphatic rings. The summed E-state index contributed by atoms with van der Waals surface area (Å²) in [5.74, 6) is -0.255. The summed E-state index contributed by atoms with van der Waals surface area (Å²) in [6, 6.07) is 16.5. The smallest absolute Gasteiger partial charge is 0.243 e. The molecule has 0 radical (unpaired) electrons. The van der Waals surface area contributed by atoms with Gasteiger partial charge in [-0.25, -0.2) is 4.39 Å². The van der Waals surface area contributed by atoms with Crippen LogP contribution in [-0.2, 0) is 9.59 Å². The lowest BCUT2D eigenvalue weighted by molar-refractivity contribution is -0.138. The minimum atomic E-state index is -1.25. The molecule has 2 aromatic rings. The highest BCUT2D eigenvalue weighted by atomic mass is 19.1. The Hall–Kier alpha value is -3.48. The Balaban J connectivity index is 1.79. The summed E-state index contributed by atoms with van der Waals surface area (Å²) < 4.78 is 14.4. The molecule has 35 heavy (non-hydrogen) atoms. The van der Waals surface area contributed by atoms with Crippen molar-refractivity contribution in [1.82, 2.24) is 15.5 Å². The van der Waals surface area contributed by atoms with Crippen LogP contribution < -0.4 is 10.6 Å². The zero-order valence-electron chi connectivity index (χ0n) is 20.6. The number of nitrogens with one attached hydrogen (secondary N) is 3. The summed E-state index contributed by atoms with van der Waals surface area (Å²) in [4.78, 5) is 27.7. The van der Waals surface area contributed by atoms with Gasteiger partial charge in [-0.1, -0.05) is 68.4 Å². The number of nitrogens with zero attached hydrogens (tertiary/aromatic N) is 1. The molecule has 0 aliphatic carbocycles. The minimum Gasteiger partial charge on any atom is -0.394 e. The SMILES string of the molecule is CN/C=C(\C=N)CCC(=O)N1C[C@H](F)C[C@H]1C(=O)N[C@@H](c1ccccc1)c1ccc(C(C)C)cc1. The van der Waals surface area contributed by atoms with Crippen molar-refractivity contribution in [3.05, 3.63) is 83.1 Å². The summed E-state index contributed by atoms with van der Waals surface area (Å²) in [7, 11) is 1.72. The molecule has 0 bridgehead atoms. The van der Waals surface area contributed by atoms with Crippen LogP contribution in [0.4, 0.5) is 4.39 Å². The van der Waals surface area contributed by atoms with Crippen molar-refractivity contribution in [2.75, 3.05) is 13.6 Å². The normalized spacial score (nSPS) is 18.9. The highest BCUT2D eigenvalue weighted by Gasteiger charge is 2.40. The molecule has 3 N–H and O–H groups in total. The maximum atomic E-state index is 14.4. The van der Waals surface area contributed by atoms with Gasteiger partial charge in [0.1, 0.15) is 12.2 Å². The summed E-state index contributed by atoms with van der Waals surface area (Å²) in [5, 5.41) is 13.4. The van der Waals surface area contributed by atoms with Crippen molar-refractivity contribution < 1.29 is 14.0 Å². The predicted molar refractivity (Wildman–Crippen MR) is 137 cm³/mol. The number of hydrogen-bond donors (Lipinski definition) is 3. The fourth-order valence-electron chi connectivity index (χ4n) is 4.39. The minimum absolute atomic E-state index is 0.0187. The number of hydrogen-bond acceptors (Lipinski definition) is 4. The largest absolute Gasteiger partial charge is 0.394 e. The van der Waals surface area contributed by atoms with E-state index in [0.29, 0.717) is 17.9 Å². The Labute approximate surface area is 207 Å². The second-order valence-corrected chi connectivity index (χ2v) is 9.22. The number of benzene rings is 2. The third-order valence-electron chi connectivity index (χ3n) is 6.37. The first kappa shape index (κ1) is 26.1. The molecule has 0 saturated carbocycles. The van der Waals surface area contributed by atoms with Gasteiger partial charge < -0.3 is 20.9 Å². The lowest BCUT2D eigenvalue weighted by atomic mass is 9.95. The van der Waals surface area contributed by atoms with E-state index in [9.17, 15) is 14.0 Å². The van der Waals surface area contributed by atoms with E-state index in [1.807, 2.05) is 42.5 Å². The van der Waals surface area contributed by atoms with Crippen LogP contribution in [0.1, 0.15) is 61.8 Å². The number of amides is 2. The van der Waals surface area contributed by atoms with E-state index in [-0.39, 0.29) is 31.2 Å². The predicted octanol–water partition coefficient (Wildman–Crippen LogP) is 4.49. The highest BCUT2D eigenvalue weighted by molar-refractivity contribution is 5.89. The van der Waals surface area contributed by atoms with Gasteiger partial charge in [0, 0.05) is 32.3 Å². The molecule has 3 atom stereocenters. The fourth-order valence-corrected chi connectivity index (χ4v) is 4.39. The van der Waals surface area contributed by atoms with Crippen molar-refractivity contribution in [3.63, 3.8) is 0 Å². The van der Waals surface area contributed by atoms with Crippen LogP contribution in [0.2, 0.25) is 0 Å². The van der Waals surface area contributed by atoms with Gasteiger partial charge in [0.05, 0.1) is 12.6 Å². The quantitative estimate of drug-likeness (QED) is 0.440. The Morgan fingerprint density at radius 3 is 2.29 bits per heavy atom. The molecule has 1 saturated heterocycles. The number of allylic oxidation sites excluding steroid dienone is 1. The van der Waals surface area contributed by atoms with E-state index in [1.54, 1.807) is 13.2 Å². The summed E-state index contributed by atoms with van der Waals surface area (Å²) in [6.45, 7) is 4.17. The van der Waals surface area contributed by atoms with Gasteiger partial charge >= 0.3 is 0 Å². The molecule has 3 rings (SSSR count). The van der Waals surface area contributed by atoms with E-state index in [4.69, 9.17) is 5.41 Å². The Kier molecular flexibility index (Phi) is 9.18. The monoisotopic (exact) mass is 478 g/mol. The van der Waals surface area contributed by atoms with Gasteiger partial charge in [-0.05, 0) is 34.6 Å².